The van der Waals surface area contributed by atoms with E-state index in [1.807, 2.05) is 0 Å². The quantitative estimate of drug-likeness (QED) is 0.943. The summed E-state index contributed by atoms with van der Waals surface area (Å²) in [6.07, 6.45) is 0. The number of hydrogen-bond donors (Lipinski definition) is 1. The van der Waals surface area contributed by atoms with Crippen LogP contribution < -0.4 is 10.9 Å². The molecule has 5 nitrogen and oxygen atoms in total. The topological polar surface area (TPSA) is 64.0 Å². The first-order valence-electron chi connectivity index (χ1n) is 5.74. The molecule has 1 aromatic carbocycles. The number of aromatic nitrogens is 2. The number of hydrogen-bond acceptors (Lipinski definition) is 3. The van der Waals surface area contributed by atoms with Crippen molar-refractivity contribution in [2.45, 2.75) is 6.54 Å². The molecule has 0 unspecified atom stereocenters. The summed E-state index contributed by atoms with van der Waals surface area (Å²) in [5.74, 6) is -0.383. The van der Waals surface area contributed by atoms with Gasteiger partial charge in [-0.1, -0.05) is 29.3 Å². The minimum atomic E-state index is -0.383. The summed E-state index contributed by atoms with van der Waals surface area (Å²) in [7, 11) is 1.48. The van der Waals surface area contributed by atoms with Gasteiger partial charge in [0.1, 0.15) is 5.69 Å². The summed E-state index contributed by atoms with van der Waals surface area (Å²) < 4.78 is 1.10. The minimum Gasteiger partial charge on any atom is -0.347 e. The number of carbonyl (C=O) groups excluding carboxylic acids is 1. The normalized spacial score (nSPS) is 10.3. The molecule has 2 rings (SSSR count). The standard InChI is InChI=1S/C13H11Cl2N3O2/c1-18-12(19)5-4-11(17-18)13(20)16-7-8-2-3-9(14)6-10(8)15/h2-6H,7H2,1H3,(H,16,20). The Balaban J connectivity index is 2.08. The molecule has 0 aliphatic heterocycles. The van der Waals surface area contributed by atoms with Crippen LogP contribution in [0.3, 0.4) is 0 Å². The lowest BCUT2D eigenvalue weighted by Crippen LogP contribution is -2.28. The average molecular weight is 312 g/mol. The number of carbonyl (C=O) groups is 1. The van der Waals surface area contributed by atoms with Crippen molar-refractivity contribution in [2.75, 3.05) is 0 Å². The van der Waals surface area contributed by atoms with Gasteiger partial charge in [-0.05, 0) is 23.8 Å². The average Bonchev–Trinajstić information content (AvgIpc) is 2.40. The van der Waals surface area contributed by atoms with Crippen LogP contribution in [0.15, 0.2) is 35.1 Å². The van der Waals surface area contributed by atoms with Gasteiger partial charge < -0.3 is 5.32 Å². The molecule has 20 heavy (non-hydrogen) atoms. The monoisotopic (exact) mass is 311 g/mol. The molecule has 1 amide bonds. The predicted molar refractivity (Wildman–Crippen MR) is 77.1 cm³/mol. The van der Waals surface area contributed by atoms with Crippen molar-refractivity contribution in [2.24, 2.45) is 7.05 Å². The highest BCUT2D eigenvalue weighted by Crippen LogP contribution is 2.20. The van der Waals surface area contributed by atoms with Gasteiger partial charge in [0.25, 0.3) is 11.5 Å². The number of halogens is 2. The molecule has 1 heterocycles. The molecule has 0 saturated heterocycles. The van der Waals surface area contributed by atoms with Crippen LogP contribution in [0.1, 0.15) is 16.1 Å². The van der Waals surface area contributed by atoms with E-state index in [1.165, 1.54) is 19.2 Å². The van der Waals surface area contributed by atoms with Crippen molar-refractivity contribution in [3.8, 4) is 0 Å². The van der Waals surface area contributed by atoms with Crippen molar-refractivity contribution < 1.29 is 4.79 Å². The molecular formula is C13H11Cl2N3O2. The van der Waals surface area contributed by atoms with Gasteiger partial charge in [-0.15, -0.1) is 0 Å². The van der Waals surface area contributed by atoms with Crippen molar-refractivity contribution in [1.29, 1.82) is 0 Å². The predicted octanol–water partition coefficient (Wildman–Crippen LogP) is 2.02. The van der Waals surface area contributed by atoms with Crippen LogP contribution in [0.5, 0.6) is 0 Å². The highest BCUT2D eigenvalue weighted by atomic mass is 35.5. The molecule has 1 aromatic heterocycles. The molecular weight excluding hydrogens is 301 g/mol. The number of rotatable bonds is 3. The lowest BCUT2D eigenvalue weighted by Gasteiger charge is -2.07. The SMILES string of the molecule is Cn1nc(C(=O)NCc2ccc(Cl)cc2Cl)ccc1=O. The van der Waals surface area contributed by atoms with E-state index in [0.717, 1.165) is 10.2 Å². The van der Waals surface area contributed by atoms with E-state index >= 15 is 0 Å². The Labute approximate surface area is 125 Å². The number of aryl methyl sites for hydroxylation is 1. The Bertz CT molecular complexity index is 713. The zero-order chi connectivity index (χ0) is 14.7. The fraction of sp³-hybridized carbons (Fsp3) is 0.154. The van der Waals surface area contributed by atoms with Gasteiger partial charge in [0.05, 0.1) is 0 Å². The maximum Gasteiger partial charge on any atom is 0.271 e. The Kier molecular flexibility index (Phi) is 4.42. The van der Waals surface area contributed by atoms with E-state index in [1.54, 1.807) is 18.2 Å². The summed E-state index contributed by atoms with van der Waals surface area (Å²) >= 11 is 11.8. The van der Waals surface area contributed by atoms with Crippen molar-refractivity contribution in [3.63, 3.8) is 0 Å². The number of nitrogens with one attached hydrogen (secondary N) is 1. The van der Waals surface area contributed by atoms with Crippen LogP contribution in [-0.2, 0) is 13.6 Å². The molecule has 7 heteroatoms. The second kappa shape index (κ2) is 6.07. The summed E-state index contributed by atoms with van der Waals surface area (Å²) in [6, 6.07) is 7.70. The van der Waals surface area contributed by atoms with Crippen molar-refractivity contribution in [1.82, 2.24) is 15.1 Å². The molecule has 0 aliphatic rings. The van der Waals surface area contributed by atoms with Gasteiger partial charge in [-0.2, -0.15) is 5.10 Å². The van der Waals surface area contributed by atoms with E-state index in [4.69, 9.17) is 23.2 Å². The summed E-state index contributed by atoms with van der Waals surface area (Å²) in [6.45, 7) is 0.249. The highest BCUT2D eigenvalue weighted by Gasteiger charge is 2.09. The van der Waals surface area contributed by atoms with E-state index in [0.29, 0.717) is 10.0 Å². The summed E-state index contributed by atoms with van der Waals surface area (Å²) in [4.78, 5) is 23.1. The molecule has 0 saturated carbocycles. The van der Waals surface area contributed by atoms with Crippen LogP contribution in [0.25, 0.3) is 0 Å². The Hall–Kier alpha value is -1.85. The van der Waals surface area contributed by atoms with E-state index < -0.39 is 0 Å². The van der Waals surface area contributed by atoms with E-state index in [2.05, 4.69) is 10.4 Å². The fourth-order valence-corrected chi connectivity index (χ4v) is 2.03. The van der Waals surface area contributed by atoms with Gasteiger partial charge >= 0.3 is 0 Å². The molecule has 0 bridgehead atoms. The van der Waals surface area contributed by atoms with Crippen LogP contribution in [0, 0.1) is 0 Å². The zero-order valence-corrected chi connectivity index (χ0v) is 12.1. The Morgan fingerprint density at radius 2 is 2.05 bits per heavy atom. The summed E-state index contributed by atoms with van der Waals surface area (Å²) in [5.41, 5.74) is 0.633. The third-order valence-corrected chi connectivity index (χ3v) is 3.23. The number of nitrogens with zero attached hydrogens (tertiary/aromatic N) is 2. The molecule has 0 radical (unpaired) electrons. The Morgan fingerprint density at radius 3 is 2.70 bits per heavy atom. The molecule has 2 aromatic rings. The maximum absolute atomic E-state index is 11.9. The van der Waals surface area contributed by atoms with Crippen LogP contribution in [0.2, 0.25) is 10.0 Å². The number of amides is 1. The lowest BCUT2D eigenvalue weighted by atomic mass is 10.2. The lowest BCUT2D eigenvalue weighted by molar-refractivity contribution is 0.0943. The summed E-state index contributed by atoms with van der Waals surface area (Å²) in [5, 5.41) is 7.55. The van der Waals surface area contributed by atoms with E-state index in [-0.39, 0.29) is 23.7 Å². The van der Waals surface area contributed by atoms with Crippen LogP contribution in [0.4, 0.5) is 0 Å². The van der Waals surface area contributed by atoms with E-state index in [9.17, 15) is 9.59 Å². The first-order valence-corrected chi connectivity index (χ1v) is 6.49. The first kappa shape index (κ1) is 14.6. The fourth-order valence-electron chi connectivity index (χ4n) is 1.55. The first-order chi connectivity index (χ1) is 9.47. The highest BCUT2D eigenvalue weighted by molar-refractivity contribution is 6.35. The van der Waals surface area contributed by atoms with Crippen molar-refractivity contribution in [3.05, 3.63) is 62.0 Å². The largest absolute Gasteiger partial charge is 0.347 e. The molecule has 104 valence electrons. The third kappa shape index (κ3) is 3.37. The Morgan fingerprint density at radius 1 is 1.30 bits per heavy atom. The second-order valence-electron chi connectivity index (χ2n) is 4.10. The molecule has 0 fully saturated rings. The molecule has 0 atom stereocenters. The zero-order valence-electron chi connectivity index (χ0n) is 10.6. The van der Waals surface area contributed by atoms with Crippen LogP contribution >= 0.6 is 23.2 Å². The van der Waals surface area contributed by atoms with Gasteiger partial charge in [0.15, 0.2) is 0 Å². The maximum atomic E-state index is 11.9. The van der Waals surface area contributed by atoms with Gasteiger partial charge in [0, 0.05) is 29.7 Å². The molecule has 1 N–H and O–H groups in total. The second-order valence-corrected chi connectivity index (χ2v) is 4.94. The van der Waals surface area contributed by atoms with Gasteiger partial charge in [-0.3, -0.25) is 9.59 Å². The van der Waals surface area contributed by atoms with Gasteiger partial charge in [-0.25, -0.2) is 4.68 Å². The van der Waals surface area contributed by atoms with Crippen molar-refractivity contribution >= 4 is 29.1 Å². The van der Waals surface area contributed by atoms with Gasteiger partial charge in [0.2, 0.25) is 0 Å². The number of benzene rings is 1. The van der Waals surface area contributed by atoms with Crippen LogP contribution in [-0.4, -0.2) is 15.7 Å². The minimum absolute atomic E-state index is 0.164. The smallest absolute Gasteiger partial charge is 0.271 e. The third-order valence-electron chi connectivity index (χ3n) is 2.65. The molecule has 0 aliphatic carbocycles. The molecule has 0 spiro atoms.